The summed E-state index contributed by atoms with van der Waals surface area (Å²) < 4.78 is 0. The molecule has 0 aromatic carbocycles. The third-order valence-corrected chi connectivity index (χ3v) is 4.95. The van der Waals surface area contributed by atoms with Crippen molar-refractivity contribution in [3.05, 3.63) is 0 Å². The van der Waals surface area contributed by atoms with Crippen LogP contribution in [0.3, 0.4) is 0 Å². The summed E-state index contributed by atoms with van der Waals surface area (Å²) in [6.45, 7) is 0. The third kappa shape index (κ3) is 3.48. The lowest BCUT2D eigenvalue weighted by Crippen LogP contribution is -2.32. The highest BCUT2D eigenvalue weighted by Crippen LogP contribution is 2.32. The average molecular weight is 223 g/mol. The Morgan fingerprint density at radius 3 is 2.19 bits per heavy atom. The van der Waals surface area contributed by atoms with E-state index in [1.807, 2.05) is 0 Å². The first kappa shape index (κ1) is 12.4. The maximum absolute atomic E-state index is 3.58. The highest BCUT2D eigenvalue weighted by Gasteiger charge is 2.24. The minimum atomic E-state index is 0.824. The van der Waals surface area contributed by atoms with E-state index < -0.39 is 0 Å². The fraction of sp³-hybridized carbons (Fsp3) is 1.00. The molecule has 1 nitrogen and oxygen atoms in total. The molecular weight excluding hydrogens is 194 g/mol. The summed E-state index contributed by atoms with van der Waals surface area (Å²) in [4.78, 5) is 0. The molecule has 0 aromatic rings. The minimum Gasteiger partial charge on any atom is -0.317 e. The van der Waals surface area contributed by atoms with Crippen LogP contribution < -0.4 is 5.32 Å². The van der Waals surface area contributed by atoms with Crippen LogP contribution in [0.4, 0.5) is 0 Å². The van der Waals surface area contributed by atoms with E-state index in [2.05, 4.69) is 12.4 Å². The Morgan fingerprint density at radius 1 is 0.938 bits per heavy atom. The van der Waals surface area contributed by atoms with Gasteiger partial charge in [0.15, 0.2) is 0 Å². The van der Waals surface area contributed by atoms with Crippen molar-refractivity contribution in [2.45, 2.75) is 76.7 Å². The van der Waals surface area contributed by atoms with Gasteiger partial charge in [-0.1, -0.05) is 44.9 Å². The van der Waals surface area contributed by atoms with Gasteiger partial charge in [0.05, 0.1) is 0 Å². The SMILES string of the molecule is CNC(CCC1CCCCC1)C1CCCC1. The van der Waals surface area contributed by atoms with Crippen LogP contribution in [0, 0.1) is 11.8 Å². The second-order valence-electron chi connectivity index (χ2n) is 6.02. The van der Waals surface area contributed by atoms with Gasteiger partial charge in [-0.3, -0.25) is 0 Å². The third-order valence-electron chi connectivity index (χ3n) is 4.95. The minimum absolute atomic E-state index is 0.824. The fourth-order valence-electron chi connectivity index (χ4n) is 3.87. The molecule has 0 aromatic heterocycles. The molecule has 1 heteroatoms. The number of hydrogen-bond acceptors (Lipinski definition) is 1. The maximum atomic E-state index is 3.58. The first-order valence-corrected chi connectivity index (χ1v) is 7.57. The standard InChI is InChI=1S/C15H29N/c1-16-15(14-9-5-6-10-14)12-11-13-7-3-2-4-8-13/h13-16H,2-12H2,1H3. The predicted molar refractivity (Wildman–Crippen MR) is 70.6 cm³/mol. The second kappa shape index (κ2) is 6.64. The highest BCUT2D eigenvalue weighted by atomic mass is 14.9. The lowest BCUT2D eigenvalue weighted by atomic mass is 9.83. The molecule has 2 rings (SSSR count). The molecule has 0 spiro atoms. The Morgan fingerprint density at radius 2 is 1.56 bits per heavy atom. The van der Waals surface area contributed by atoms with Crippen LogP contribution in [-0.4, -0.2) is 13.1 Å². The predicted octanol–water partition coefficient (Wildman–Crippen LogP) is 4.13. The first-order valence-electron chi connectivity index (χ1n) is 7.57. The molecule has 2 fully saturated rings. The molecule has 0 amide bonds. The largest absolute Gasteiger partial charge is 0.317 e. The molecule has 94 valence electrons. The topological polar surface area (TPSA) is 12.0 Å². The Kier molecular flexibility index (Phi) is 5.15. The smallest absolute Gasteiger partial charge is 0.00924 e. The molecule has 2 saturated carbocycles. The molecule has 1 atom stereocenters. The Balaban J connectivity index is 1.69. The summed E-state index contributed by atoms with van der Waals surface area (Å²) in [5, 5.41) is 3.58. The molecule has 0 bridgehead atoms. The van der Waals surface area contributed by atoms with Gasteiger partial charge in [0.1, 0.15) is 0 Å². The fourth-order valence-corrected chi connectivity index (χ4v) is 3.87. The Labute approximate surface area is 101 Å². The average Bonchev–Trinajstić information content (AvgIpc) is 2.85. The van der Waals surface area contributed by atoms with Crippen molar-refractivity contribution in [3.8, 4) is 0 Å². The van der Waals surface area contributed by atoms with Crippen LogP contribution in [0.5, 0.6) is 0 Å². The van der Waals surface area contributed by atoms with E-state index in [1.165, 1.54) is 70.6 Å². The van der Waals surface area contributed by atoms with E-state index in [1.54, 1.807) is 0 Å². The van der Waals surface area contributed by atoms with Gasteiger partial charge in [-0.15, -0.1) is 0 Å². The summed E-state index contributed by atoms with van der Waals surface area (Å²) in [5.74, 6) is 2.06. The molecule has 0 radical (unpaired) electrons. The van der Waals surface area contributed by atoms with Crippen molar-refractivity contribution < 1.29 is 0 Å². The van der Waals surface area contributed by atoms with Crippen LogP contribution in [0.1, 0.15) is 70.6 Å². The quantitative estimate of drug-likeness (QED) is 0.739. The van der Waals surface area contributed by atoms with Crippen molar-refractivity contribution in [2.24, 2.45) is 11.8 Å². The summed E-state index contributed by atoms with van der Waals surface area (Å²) in [7, 11) is 2.17. The van der Waals surface area contributed by atoms with Crippen LogP contribution in [-0.2, 0) is 0 Å². The summed E-state index contributed by atoms with van der Waals surface area (Å²) in [6.07, 6.45) is 16.4. The van der Waals surface area contributed by atoms with Crippen LogP contribution in [0.15, 0.2) is 0 Å². The monoisotopic (exact) mass is 223 g/mol. The van der Waals surface area contributed by atoms with E-state index in [4.69, 9.17) is 0 Å². The van der Waals surface area contributed by atoms with Crippen LogP contribution in [0.25, 0.3) is 0 Å². The van der Waals surface area contributed by atoms with Gasteiger partial charge in [0, 0.05) is 6.04 Å². The van der Waals surface area contributed by atoms with Gasteiger partial charge in [0.2, 0.25) is 0 Å². The van der Waals surface area contributed by atoms with Crippen LogP contribution in [0.2, 0.25) is 0 Å². The maximum Gasteiger partial charge on any atom is 0.00924 e. The van der Waals surface area contributed by atoms with Gasteiger partial charge in [0.25, 0.3) is 0 Å². The first-order chi connectivity index (χ1) is 7.90. The molecule has 2 aliphatic rings. The number of hydrogen-bond donors (Lipinski definition) is 1. The van der Waals surface area contributed by atoms with Crippen molar-refractivity contribution >= 4 is 0 Å². The molecule has 2 aliphatic carbocycles. The second-order valence-corrected chi connectivity index (χ2v) is 6.02. The number of nitrogens with one attached hydrogen (secondary N) is 1. The Bertz CT molecular complexity index is 178. The summed E-state index contributed by atoms with van der Waals surface area (Å²) in [5.41, 5.74) is 0. The lowest BCUT2D eigenvalue weighted by molar-refractivity contribution is 0.285. The van der Waals surface area contributed by atoms with Gasteiger partial charge < -0.3 is 5.32 Å². The van der Waals surface area contributed by atoms with Gasteiger partial charge in [-0.2, -0.15) is 0 Å². The van der Waals surface area contributed by atoms with E-state index in [0.29, 0.717) is 0 Å². The summed E-state index contributed by atoms with van der Waals surface area (Å²) in [6, 6.07) is 0.824. The van der Waals surface area contributed by atoms with E-state index >= 15 is 0 Å². The van der Waals surface area contributed by atoms with Gasteiger partial charge >= 0.3 is 0 Å². The van der Waals surface area contributed by atoms with E-state index in [0.717, 1.165) is 17.9 Å². The van der Waals surface area contributed by atoms with Crippen molar-refractivity contribution in [3.63, 3.8) is 0 Å². The zero-order valence-electron chi connectivity index (χ0n) is 11.0. The molecule has 1 unspecified atom stereocenters. The van der Waals surface area contributed by atoms with Crippen molar-refractivity contribution in [2.75, 3.05) is 7.05 Å². The van der Waals surface area contributed by atoms with Gasteiger partial charge in [-0.05, 0) is 44.6 Å². The molecular formula is C15H29N. The Hall–Kier alpha value is -0.0400. The zero-order valence-corrected chi connectivity index (χ0v) is 11.0. The number of rotatable bonds is 5. The highest BCUT2D eigenvalue weighted by molar-refractivity contribution is 4.80. The van der Waals surface area contributed by atoms with E-state index in [9.17, 15) is 0 Å². The van der Waals surface area contributed by atoms with Crippen molar-refractivity contribution in [1.29, 1.82) is 0 Å². The summed E-state index contributed by atoms with van der Waals surface area (Å²) >= 11 is 0. The van der Waals surface area contributed by atoms with Crippen molar-refractivity contribution in [1.82, 2.24) is 5.32 Å². The molecule has 0 aliphatic heterocycles. The van der Waals surface area contributed by atoms with Crippen LogP contribution >= 0.6 is 0 Å². The molecule has 0 saturated heterocycles. The van der Waals surface area contributed by atoms with E-state index in [-0.39, 0.29) is 0 Å². The zero-order chi connectivity index (χ0) is 11.2. The normalized spacial score (nSPS) is 26.1. The lowest BCUT2D eigenvalue weighted by Gasteiger charge is -2.27. The van der Waals surface area contributed by atoms with Gasteiger partial charge in [-0.25, -0.2) is 0 Å². The molecule has 16 heavy (non-hydrogen) atoms. The molecule has 0 heterocycles. The molecule has 1 N–H and O–H groups in total.